The number of carbonyl (C=O) groups excluding carboxylic acids is 3. The molecule has 0 N–H and O–H groups in total. The van der Waals surface area contributed by atoms with Gasteiger partial charge in [0.25, 0.3) is 0 Å². The van der Waals surface area contributed by atoms with Crippen molar-refractivity contribution in [3.8, 4) is 0 Å². The molecule has 66 heavy (non-hydrogen) atoms. The molecule has 0 bridgehead atoms. The second-order valence-electron chi connectivity index (χ2n) is 19.2. The quantitative estimate of drug-likeness (QED) is 0.0262. The van der Waals surface area contributed by atoms with Crippen molar-refractivity contribution in [2.75, 3.05) is 13.2 Å². The fourth-order valence-corrected chi connectivity index (χ4v) is 8.21. The van der Waals surface area contributed by atoms with Crippen LogP contribution in [-0.2, 0) is 28.6 Å². The molecule has 0 amide bonds. The zero-order chi connectivity index (χ0) is 47.9. The van der Waals surface area contributed by atoms with Gasteiger partial charge in [-0.1, -0.05) is 243 Å². The molecule has 0 aromatic rings. The van der Waals surface area contributed by atoms with Crippen LogP contribution in [0.15, 0.2) is 48.6 Å². The van der Waals surface area contributed by atoms with E-state index in [2.05, 4.69) is 69.4 Å². The van der Waals surface area contributed by atoms with E-state index in [1.54, 1.807) is 0 Å². The fourth-order valence-electron chi connectivity index (χ4n) is 8.21. The van der Waals surface area contributed by atoms with Crippen LogP contribution in [0.4, 0.5) is 0 Å². The summed E-state index contributed by atoms with van der Waals surface area (Å²) in [7, 11) is 0. The molecule has 0 unspecified atom stereocenters. The van der Waals surface area contributed by atoms with Crippen molar-refractivity contribution in [3.05, 3.63) is 48.6 Å². The number of hydrogen-bond acceptors (Lipinski definition) is 6. The third kappa shape index (κ3) is 52.3. The first-order chi connectivity index (χ1) is 32.5. The first kappa shape index (κ1) is 63.4. The van der Waals surface area contributed by atoms with Crippen LogP contribution >= 0.6 is 0 Å². The molecule has 6 nitrogen and oxygen atoms in total. The molecule has 0 heterocycles. The molecule has 0 aromatic carbocycles. The number of esters is 3. The highest BCUT2D eigenvalue weighted by atomic mass is 16.6. The average Bonchev–Trinajstić information content (AvgIpc) is 3.31. The largest absolute Gasteiger partial charge is 0.462 e. The molecular formula is C60H108O6. The summed E-state index contributed by atoms with van der Waals surface area (Å²) in [5.74, 6) is -0.874. The number of unbranched alkanes of at least 4 members (excludes halogenated alkanes) is 33. The minimum Gasteiger partial charge on any atom is -0.462 e. The molecular weight excluding hydrogens is 817 g/mol. The minimum atomic E-state index is -0.776. The van der Waals surface area contributed by atoms with E-state index >= 15 is 0 Å². The highest BCUT2D eigenvalue weighted by Gasteiger charge is 2.19. The predicted octanol–water partition coefficient (Wildman–Crippen LogP) is 19.0. The van der Waals surface area contributed by atoms with Gasteiger partial charge in [-0.15, -0.1) is 0 Å². The van der Waals surface area contributed by atoms with Crippen molar-refractivity contribution in [3.63, 3.8) is 0 Å². The van der Waals surface area contributed by atoms with Gasteiger partial charge in [-0.05, 0) is 83.5 Å². The molecule has 0 radical (unpaired) electrons. The zero-order valence-corrected chi connectivity index (χ0v) is 44.0. The lowest BCUT2D eigenvalue weighted by atomic mass is 10.0. The van der Waals surface area contributed by atoms with Crippen LogP contribution < -0.4 is 0 Å². The summed E-state index contributed by atoms with van der Waals surface area (Å²) in [5, 5.41) is 0. The van der Waals surface area contributed by atoms with E-state index in [1.807, 2.05) is 0 Å². The van der Waals surface area contributed by atoms with Gasteiger partial charge in [0.1, 0.15) is 13.2 Å². The second-order valence-corrected chi connectivity index (χ2v) is 19.2. The molecule has 0 aliphatic heterocycles. The van der Waals surface area contributed by atoms with Gasteiger partial charge in [0, 0.05) is 19.3 Å². The normalized spacial score (nSPS) is 12.3. The van der Waals surface area contributed by atoms with E-state index < -0.39 is 6.10 Å². The van der Waals surface area contributed by atoms with Gasteiger partial charge in [-0.25, -0.2) is 0 Å². The van der Waals surface area contributed by atoms with E-state index in [4.69, 9.17) is 14.2 Å². The van der Waals surface area contributed by atoms with Crippen LogP contribution in [0.1, 0.15) is 297 Å². The van der Waals surface area contributed by atoms with Gasteiger partial charge in [-0.3, -0.25) is 14.4 Å². The Kier molecular flexibility index (Phi) is 52.8. The van der Waals surface area contributed by atoms with Crippen LogP contribution in [0.25, 0.3) is 0 Å². The number of ether oxygens (including phenoxy) is 3. The lowest BCUT2D eigenvalue weighted by molar-refractivity contribution is -0.167. The van der Waals surface area contributed by atoms with E-state index in [-0.39, 0.29) is 31.1 Å². The Balaban J connectivity index is 4.34. The van der Waals surface area contributed by atoms with Gasteiger partial charge in [0.2, 0.25) is 0 Å². The van der Waals surface area contributed by atoms with Crippen LogP contribution in [0, 0.1) is 0 Å². The summed E-state index contributed by atoms with van der Waals surface area (Å²) in [6.45, 7) is 6.61. The summed E-state index contributed by atoms with van der Waals surface area (Å²) in [6, 6.07) is 0. The Morgan fingerprint density at radius 3 is 0.864 bits per heavy atom. The van der Waals surface area contributed by atoms with Crippen molar-refractivity contribution in [1.82, 2.24) is 0 Å². The molecule has 0 aromatic heterocycles. The van der Waals surface area contributed by atoms with Gasteiger partial charge in [0.15, 0.2) is 6.10 Å². The second kappa shape index (κ2) is 55.0. The summed E-state index contributed by atoms with van der Waals surface area (Å²) in [4.78, 5) is 38.1. The van der Waals surface area contributed by atoms with E-state index in [0.717, 1.165) is 77.0 Å². The Labute approximate surface area is 409 Å². The van der Waals surface area contributed by atoms with Crippen LogP contribution in [-0.4, -0.2) is 37.2 Å². The standard InChI is InChI=1S/C60H108O6/c1-4-7-10-13-16-19-22-25-27-29-30-32-33-35-38-41-44-47-50-53-59(62)65-56-57(55-64-58(61)52-49-46-43-40-37-24-21-18-15-12-9-6-3)66-60(63)54-51-48-45-42-39-36-34-31-28-26-23-20-17-14-11-8-5-2/h16-17,19-20,25-28,57H,4-15,18,21-24,29-56H2,1-3H3/b19-16-,20-17-,27-25-,28-26-/t57-/m1/s1. The Morgan fingerprint density at radius 2 is 0.545 bits per heavy atom. The van der Waals surface area contributed by atoms with Crippen molar-refractivity contribution >= 4 is 17.9 Å². The Bertz CT molecular complexity index is 1150. The van der Waals surface area contributed by atoms with Gasteiger partial charge in [-0.2, -0.15) is 0 Å². The van der Waals surface area contributed by atoms with E-state index in [1.165, 1.54) is 180 Å². The summed E-state index contributed by atoms with van der Waals surface area (Å²) in [5.41, 5.74) is 0. The maximum atomic E-state index is 12.8. The fraction of sp³-hybridized carbons (Fsp3) is 0.817. The van der Waals surface area contributed by atoms with Gasteiger partial charge < -0.3 is 14.2 Å². The van der Waals surface area contributed by atoms with Crippen molar-refractivity contribution in [2.24, 2.45) is 0 Å². The van der Waals surface area contributed by atoms with Crippen LogP contribution in [0.5, 0.6) is 0 Å². The molecule has 0 spiro atoms. The molecule has 384 valence electrons. The van der Waals surface area contributed by atoms with Crippen LogP contribution in [0.3, 0.4) is 0 Å². The monoisotopic (exact) mass is 925 g/mol. The molecule has 0 saturated carbocycles. The molecule has 0 aliphatic carbocycles. The molecule has 0 fully saturated rings. The highest BCUT2D eigenvalue weighted by molar-refractivity contribution is 5.71. The van der Waals surface area contributed by atoms with Crippen LogP contribution in [0.2, 0.25) is 0 Å². The minimum absolute atomic E-state index is 0.0748. The predicted molar refractivity (Wildman–Crippen MR) is 284 cm³/mol. The lowest BCUT2D eigenvalue weighted by Gasteiger charge is -2.18. The lowest BCUT2D eigenvalue weighted by Crippen LogP contribution is -2.30. The number of rotatable bonds is 52. The molecule has 6 heteroatoms. The molecule has 0 rings (SSSR count). The summed E-state index contributed by atoms with van der Waals surface area (Å²) >= 11 is 0. The topological polar surface area (TPSA) is 78.9 Å². The molecule has 0 aliphatic rings. The first-order valence-corrected chi connectivity index (χ1v) is 28.6. The smallest absolute Gasteiger partial charge is 0.306 e. The van der Waals surface area contributed by atoms with Crippen molar-refractivity contribution < 1.29 is 28.6 Å². The first-order valence-electron chi connectivity index (χ1n) is 28.6. The third-order valence-corrected chi connectivity index (χ3v) is 12.6. The SMILES string of the molecule is CCCCC/C=C\C/C=C\CCCCCCCCCCCC(=O)OC[C@@H](COC(=O)CCCCCCCCCCCCCC)OC(=O)CCCCCCCCC/C=C\C/C=C\CCCCC. The average molecular weight is 926 g/mol. The van der Waals surface area contributed by atoms with Crippen molar-refractivity contribution in [1.29, 1.82) is 0 Å². The molecule has 0 saturated heterocycles. The maximum Gasteiger partial charge on any atom is 0.306 e. The third-order valence-electron chi connectivity index (χ3n) is 12.6. The van der Waals surface area contributed by atoms with Crippen molar-refractivity contribution in [2.45, 2.75) is 303 Å². The van der Waals surface area contributed by atoms with Gasteiger partial charge >= 0.3 is 17.9 Å². The Hall–Kier alpha value is -2.63. The Morgan fingerprint density at radius 1 is 0.303 bits per heavy atom. The molecule has 1 atom stereocenters. The number of carbonyl (C=O) groups is 3. The number of hydrogen-bond donors (Lipinski definition) is 0. The summed E-state index contributed by atoms with van der Waals surface area (Å²) < 4.78 is 16.9. The van der Waals surface area contributed by atoms with E-state index in [0.29, 0.717) is 19.3 Å². The summed E-state index contributed by atoms with van der Waals surface area (Å²) in [6.07, 6.45) is 66.6. The highest BCUT2D eigenvalue weighted by Crippen LogP contribution is 2.16. The maximum absolute atomic E-state index is 12.8. The zero-order valence-electron chi connectivity index (χ0n) is 44.0. The van der Waals surface area contributed by atoms with Gasteiger partial charge in [0.05, 0.1) is 0 Å². The number of allylic oxidation sites excluding steroid dienone is 8. The van der Waals surface area contributed by atoms with E-state index in [9.17, 15) is 14.4 Å².